The van der Waals surface area contributed by atoms with Crippen LogP contribution in [-0.2, 0) is 0 Å². The van der Waals surface area contributed by atoms with Crippen LogP contribution in [0.1, 0.15) is 0 Å². The molecule has 0 rings (SSSR count). The summed E-state index contributed by atoms with van der Waals surface area (Å²) in [6.45, 7) is 0. The van der Waals surface area contributed by atoms with Gasteiger partial charge in [0.25, 0.3) is 44.1 Å². The van der Waals surface area contributed by atoms with Crippen LogP contribution in [-0.4, -0.2) is 0 Å². The highest BCUT2D eigenvalue weighted by molar-refractivity contribution is 14.3. The van der Waals surface area contributed by atoms with E-state index >= 15 is 0 Å². The number of hydrogen-bond acceptors (Lipinski definition) is 1. The van der Waals surface area contributed by atoms with Crippen molar-refractivity contribution >= 4 is 47.1 Å². The number of nitrogens with one attached hydrogen (secondary N) is 1. The highest BCUT2D eigenvalue weighted by atomic mass is 127. The van der Waals surface area contributed by atoms with E-state index in [0.717, 1.165) is 0 Å². The summed E-state index contributed by atoms with van der Waals surface area (Å²) in [5, 5.41) is 6.62. The second kappa shape index (κ2) is 2.78. The standard InChI is InChI=1S/HI2NP/c1-4(2)3/h3H/q+1. The van der Waals surface area contributed by atoms with Gasteiger partial charge in [-0.3, -0.25) is 0 Å². The molecular weight excluding hydrogens is 299 g/mol. The lowest BCUT2D eigenvalue weighted by molar-refractivity contribution is 1.66. The minimum Gasteiger partial charge on any atom is -0.107 e. The fourth-order valence-electron chi connectivity index (χ4n) is 0. The van der Waals surface area contributed by atoms with Crippen molar-refractivity contribution < 1.29 is 0 Å². The Morgan fingerprint density at radius 3 is 1.50 bits per heavy atom. The highest BCUT2D eigenvalue weighted by Gasteiger charge is 1.85. The SMILES string of the molecule is N=[P+](I)I. The second-order valence-corrected chi connectivity index (χ2v) is 12.0. The van der Waals surface area contributed by atoms with Crippen molar-refractivity contribution in [2.75, 3.05) is 0 Å². The van der Waals surface area contributed by atoms with Crippen molar-refractivity contribution in [1.29, 1.82) is 5.16 Å². The molecule has 0 spiro atoms. The van der Waals surface area contributed by atoms with Gasteiger partial charge in [0, 0.05) is 0 Å². The monoisotopic (exact) mass is 300 g/mol. The molecule has 0 saturated carbocycles. The predicted octanol–water partition coefficient (Wildman–Crippen LogP) is 2.93. The minimum absolute atomic E-state index is 0.430. The molecule has 0 fully saturated rings. The topological polar surface area (TPSA) is 23.9 Å². The first-order valence-electron chi connectivity index (χ1n) is 0.562. The zero-order chi connectivity index (χ0) is 3.58. The lowest BCUT2D eigenvalue weighted by Gasteiger charge is -1.33. The molecule has 0 aromatic heterocycles. The van der Waals surface area contributed by atoms with E-state index in [2.05, 4.69) is 44.1 Å². The van der Waals surface area contributed by atoms with Gasteiger partial charge in [-0.2, -0.15) is 0 Å². The first kappa shape index (κ1) is 5.56. The molecule has 0 aliphatic carbocycles. The Morgan fingerprint density at radius 1 is 1.50 bits per heavy atom. The molecule has 0 amide bonds. The van der Waals surface area contributed by atoms with Crippen LogP contribution in [0.15, 0.2) is 0 Å². The summed E-state index contributed by atoms with van der Waals surface area (Å²) >= 11 is 4.12. The van der Waals surface area contributed by atoms with E-state index in [4.69, 9.17) is 5.16 Å². The molecule has 0 aliphatic heterocycles. The Morgan fingerprint density at radius 2 is 1.50 bits per heavy atom. The van der Waals surface area contributed by atoms with Gasteiger partial charge in [-0.15, -0.1) is 5.16 Å². The maximum atomic E-state index is 6.62. The van der Waals surface area contributed by atoms with Gasteiger partial charge in [-0.1, -0.05) is 0 Å². The Kier molecular flexibility index (Phi) is 3.86. The maximum absolute atomic E-state index is 6.62. The van der Waals surface area contributed by atoms with E-state index in [-0.39, 0.29) is 0 Å². The summed E-state index contributed by atoms with van der Waals surface area (Å²) < 4.78 is -0.430. The Labute approximate surface area is 51.8 Å². The third kappa shape index (κ3) is 9.59. The lowest BCUT2D eigenvalue weighted by atomic mass is 14.0. The summed E-state index contributed by atoms with van der Waals surface area (Å²) in [5.41, 5.74) is 0. The fourth-order valence-corrected chi connectivity index (χ4v) is 0. The van der Waals surface area contributed by atoms with Crippen LogP contribution >= 0.6 is 47.1 Å². The second-order valence-electron chi connectivity index (χ2n) is 0.233. The normalized spacial score (nSPS) is 6.50. The quantitative estimate of drug-likeness (QED) is 0.525. The molecule has 4 heteroatoms. The Balaban J connectivity index is 2.80. The largest absolute Gasteiger partial charge is 0.332 e. The molecule has 0 bridgehead atoms. The van der Waals surface area contributed by atoms with Crippen LogP contribution < -0.4 is 0 Å². The molecule has 0 heterocycles. The highest BCUT2D eigenvalue weighted by Crippen LogP contribution is 2.40. The molecule has 0 atom stereocenters. The zero-order valence-electron chi connectivity index (χ0n) is 1.70. The number of halogens is 2. The van der Waals surface area contributed by atoms with Gasteiger partial charge in [0.1, 0.15) is 0 Å². The van der Waals surface area contributed by atoms with E-state index in [0.29, 0.717) is 0 Å². The van der Waals surface area contributed by atoms with Gasteiger partial charge in [-0.05, 0) is 0 Å². The number of hydrogen-bond donors (Lipinski definition) is 1. The van der Waals surface area contributed by atoms with Gasteiger partial charge in [-0.25, -0.2) is 0 Å². The van der Waals surface area contributed by atoms with Gasteiger partial charge >= 0.3 is 3.00 Å². The summed E-state index contributed by atoms with van der Waals surface area (Å²) in [6, 6.07) is 0. The molecular formula is HI2NP+. The van der Waals surface area contributed by atoms with E-state index < -0.39 is 3.00 Å². The van der Waals surface area contributed by atoms with E-state index in [1.54, 1.807) is 0 Å². The van der Waals surface area contributed by atoms with Crippen LogP contribution in [0.2, 0.25) is 0 Å². The third-order valence-corrected chi connectivity index (χ3v) is 0. The predicted molar refractivity (Wildman–Crippen MR) is 37.7 cm³/mol. The first-order valence-corrected chi connectivity index (χ1v) is 7.47. The van der Waals surface area contributed by atoms with Gasteiger partial charge in [0.05, 0.1) is 0 Å². The molecule has 0 aromatic carbocycles. The summed E-state index contributed by atoms with van der Waals surface area (Å²) in [6.07, 6.45) is 0. The van der Waals surface area contributed by atoms with E-state index in [1.165, 1.54) is 0 Å². The zero-order valence-corrected chi connectivity index (χ0v) is 6.91. The summed E-state index contributed by atoms with van der Waals surface area (Å²) in [7, 11) is 0. The van der Waals surface area contributed by atoms with Crippen molar-refractivity contribution in [2.24, 2.45) is 0 Å². The van der Waals surface area contributed by atoms with Crippen molar-refractivity contribution in [3.63, 3.8) is 0 Å². The van der Waals surface area contributed by atoms with E-state index in [1.807, 2.05) is 0 Å². The van der Waals surface area contributed by atoms with Gasteiger partial charge in [0.2, 0.25) is 0 Å². The molecule has 24 valence electrons. The van der Waals surface area contributed by atoms with Crippen LogP contribution in [0.25, 0.3) is 0 Å². The maximum Gasteiger partial charge on any atom is 0.332 e. The van der Waals surface area contributed by atoms with Crippen molar-refractivity contribution in [3.05, 3.63) is 0 Å². The molecule has 1 nitrogen and oxygen atoms in total. The Hall–Kier alpha value is 1.56. The van der Waals surface area contributed by atoms with Crippen LogP contribution in [0.5, 0.6) is 0 Å². The van der Waals surface area contributed by atoms with Crippen molar-refractivity contribution in [2.45, 2.75) is 0 Å². The molecule has 0 aromatic rings. The molecule has 0 aliphatic rings. The summed E-state index contributed by atoms with van der Waals surface area (Å²) in [5.74, 6) is 0. The molecule has 0 unspecified atom stereocenters. The first-order chi connectivity index (χ1) is 1.73. The third-order valence-electron chi connectivity index (χ3n) is 0. The van der Waals surface area contributed by atoms with Crippen LogP contribution in [0.4, 0.5) is 0 Å². The van der Waals surface area contributed by atoms with Gasteiger partial charge in [0.15, 0.2) is 0 Å². The molecule has 1 N–H and O–H groups in total. The van der Waals surface area contributed by atoms with Crippen molar-refractivity contribution in [1.82, 2.24) is 0 Å². The number of rotatable bonds is 0. The fraction of sp³-hybridized carbons (Fsp3) is 0. The molecule has 0 saturated heterocycles. The van der Waals surface area contributed by atoms with Gasteiger partial charge < -0.3 is 0 Å². The average molecular weight is 300 g/mol. The molecule has 0 radical (unpaired) electrons. The van der Waals surface area contributed by atoms with E-state index in [9.17, 15) is 0 Å². The van der Waals surface area contributed by atoms with Crippen LogP contribution in [0, 0.1) is 5.16 Å². The summed E-state index contributed by atoms with van der Waals surface area (Å²) in [4.78, 5) is 0. The van der Waals surface area contributed by atoms with Crippen molar-refractivity contribution in [3.8, 4) is 0 Å². The van der Waals surface area contributed by atoms with Crippen LogP contribution in [0.3, 0.4) is 0 Å². The lowest BCUT2D eigenvalue weighted by Crippen LogP contribution is -0.838. The minimum atomic E-state index is -0.430. The Bertz CT molecular complexity index is 29.0. The molecule has 4 heavy (non-hydrogen) atoms. The smallest absolute Gasteiger partial charge is 0.107 e. The average Bonchev–Trinajstić information content (AvgIpc) is 0.811.